The maximum absolute atomic E-state index is 10.3. The predicted molar refractivity (Wildman–Crippen MR) is 150 cm³/mol. The third-order valence-corrected chi connectivity index (χ3v) is 7.43. The fourth-order valence-electron chi connectivity index (χ4n) is 5.07. The van der Waals surface area contributed by atoms with Crippen LogP contribution in [0.1, 0.15) is 200 Å². The van der Waals surface area contributed by atoms with Gasteiger partial charge < -0.3 is 4.79 Å². The van der Waals surface area contributed by atoms with Gasteiger partial charge >= 0.3 is 0 Å². The van der Waals surface area contributed by atoms with Crippen molar-refractivity contribution in [2.24, 2.45) is 0 Å². The molecule has 0 N–H and O–H groups in total. The SMILES string of the molecule is CCCCCCCCCCCCCCCCCCCCCCCCCCCCCCCC=O. The Morgan fingerprint density at radius 2 is 0.485 bits per heavy atom. The highest BCUT2D eigenvalue weighted by molar-refractivity contribution is 5.48. The van der Waals surface area contributed by atoms with E-state index in [-0.39, 0.29) is 0 Å². The van der Waals surface area contributed by atoms with Gasteiger partial charge in [0.1, 0.15) is 6.29 Å². The van der Waals surface area contributed by atoms with Gasteiger partial charge in [-0.25, -0.2) is 0 Å². The maximum Gasteiger partial charge on any atom is 0.119 e. The summed E-state index contributed by atoms with van der Waals surface area (Å²) in [6, 6.07) is 0. The van der Waals surface area contributed by atoms with Gasteiger partial charge in [0.2, 0.25) is 0 Å². The summed E-state index contributed by atoms with van der Waals surface area (Å²) >= 11 is 0. The molecule has 0 aromatic heterocycles. The van der Waals surface area contributed by atoms with Gasteiger partial charge in [-0.2, -0.15) is 0 Å². The molecule has 0 atom stereocenters. The lowest BCUT2D eigenvalue weighted by atomic mass is 10.0. The summed E-state index contributed by atoms with van der Waals surface area (Å²) in [5.41, 5.74) is 0. The molecule has 0 radical (unpaired) electrons. The van der Waals surface area contributed by atoms with Crippen molar-refractivity contribution in [3.05, 3.63) is 0 Å². The Balaban J connectivity index is 2.99. The van der Waals surface area contributed by atoms with Crippen molar-refractivity contribution in [1.29, 1.82) is 0 Å². The number of unbranched alkanes of at least 4 members (excludes halogenated alkanes) is 29. The van der Waals surface area contributed by atoms with Crippen LogP contribution in [0.4, 0.5) is 0 Å². The number of carbonyl (C=O) groups excluding carboxylic acids is 1. The summed E-state index contributed by atoms with van der Waals surface area (Å²) in [4.78, 5) is 10.3. The Kier molecular flexibility index (Phi) is 31.4. The molecule has 0 aliphatic heterocycles. The fraction of sp³-hybridized carbons (Fsp3) is 0.969. The van der Waals surface area contributed by atoms with Gasteiger partial charge in [-0.3, -0.25) is 0 Å². The normalized spacial score (nSPS) is 11.3. The van der Waals surface area contributed by atoms with Crippen molar-refractivity contribution < 1.29 is 4.79 Å². The molecule has 33 heavy (non-hydrogen) atoms. The minimum atomic E-state index is 0.763. The summed E-state index contributed by atoms with van der Waals surface area (Å²) in [6.07, 6.45) is 43.4. The molecule has 198 valence electrons. The van der Waals surface area contributed by atoms with Crippen LogP contribution in [-0.2, 0) is 4.79 Å². The van der Waals surface area contributed by atoms with Crippen LogP contribution in [0.5, 0.6) is 0 Å². The second-order valence-electron chi connectivity index (χ2n) is 10.9. The topological polar surface area (TPSA) is 17.1 Å². The molecule has 0 unspecified atom stereocenters. The highest BCUT2D eigenvalue weighted by Gasteiger charge is 1.96. The van der Waals surface area contributed by atoms with Crippen LogP contribution in [-0.4, -0.2) is 6.29 Å². The van der Waals surface area contributed by atoms with Gasteiger partial charge in [0.05, 0.1) is 0 Å². The van der Waals surface area contributed by atoms with Crippen molar-refractivity contribution >= 4 is 6.29 Å². The molecule has 0 spiro atoms. The van der Waals surface area contributed by atoms with Crippen molar-refractivity contribution in [3.8, 4) is 0 Å². The lowest BCUT2D eigenvalue weighted by Crippen LogP contribution is -1.85. The molecule has 1 nitrogen and oxygen atoms in total. The van der Waals surface area contributed by atoms with Crippen LogP contribution in [0, 0.1) is 0 Å². The lowest BCUT2D eigenvalue weighted by molar-refractivity contribution is -0.107. The quantitative estimate of drug-likeness (QED) is 0.0762. The van der Waals surface area contributed by atoms with E-state index in [0.29, 0.717) is 0 Å². The first-order valence-corrected chi connectivity index (χ1v) is 15.9. The largest absolute Gasteiger partial charge is 0.303 e. The summed E-state index contributed by atoms with van der Waals surface area (Å²) in [6.45, 7) is 2.30. The number of hydrogen-bond donors (Lipinski definition) is 0. The average Bonchev–Trinajstić information content (AvgIpc) is 2.83. The minimum Gasteiger partial charge on any atom is -0.303 e. The zero-order valence-electron chi connectivity index (χ0n) is 23.2. The molecule has 0 heterocycles. The Morgan fingerprint density at radius 1 is 0.303 bits per heavy atom. The van der Waals surface area contributed by atoms with Gasteiger partial charge in [0.25, 0.3) is 0 Å². The molecule has 0 aliphatic rings. The summed E-state index contributed by atoms with van der Waals surface area (Å²) in [5, 5.41) is 0. The van der Waals surface area contributed by atoms with E-state index in [1.54, 1.807) is 0 Å². The van der Waals surface area contributed by atoms with E-state index in [9.17, 15) is 4.79 Å². The molecule has 0 rings (SSSR count). The molecule has 0 bridgehead atoms. The third kappa shape index (κ3) is 31.7. The second-order valence-corrected chi connectivity index (χ2v) is 10.9. The van der Waals surface area contributed by atoms with Crippen LogP contribution >= 0.6 is 0 Å². The molecular formula is C32H64O. The van der Waals surface area contributed by atoms with Crippen molar-refractivity contribution in [3.63, 3.8) is 0 Å². The van der Waals surface area contributed by atoms with Gasteiger partial charge in [0, 0.05) is 6.42 Å². The van der Waals surface area contributed by atoms with E-state index in [1.165, 1.54) is 180 Å². The van der Waals surface area contributed by atoms with Crippen LogP contribution in [0.3, 0.4) is 0 Å². The fourth-order valence-corrected chi connectivity index (χ4v) is 5.07. The van der Waals surface area contributed by atoms with E-state index in [2.05, 4.69) is 6.92 Å². The zero-order valence-corrected chi connectivity index (χ0v) is 23.2. The van der Waals surface area contributed by atoms with Crippen LogP contribution in [0.25, 0.3) is 0 Å². The Hall–Kier alpha value is -0.330. The van der Waals surface area contributed by atoms with Crippen LogP contribution < -0.4 is 0 Å². The summed E-state index contributed by atoms with van der Waals surface area (Å²) in [5.74, 6) is 0. The third-order valence-electron chi connectivity index (χ3n) is 7.43. The molecule has 0 fully saturated rings. The Morgan fingerprint density at radius 3 is 0.667 bits per heavy atom. The van der Waals surface area contributed by atoms with Gasteiger partial charge in [-0.05, 0) is 6.42 Å². The number of aldehydes is 1. The zero-order chi connectivity index (χ0) is 23.9. The highest BCUT2D eigenvalue weighted by atomic mass is 16.1. The minimum absolute atomic E-state index is 0.763. The highest BCUT2D eigenvalue weighted by Crippen LogP contribution is 2.16. The van der Waals surface area contributed by atoms with Crippen LogP contribution in [0.15, 0.2) is 0 Å². The molecular weight excluding hydrogens is 400 g/mol. The number of carbonyl (C=O) groups is 1. The maximum atomic E-state index is 10.3. The van der Waals surface area contributed by atoms with Crippen molar-refractivity contribution in [2.75, 3.05) is 0 Å². The first-order chi connectivity index (χ1) is 16.4. The predicted octanol–water partition coefficient (Wildman–Crippen LogP) is 11.9. The van der Waals surface area contributed by atoms with E-state index in [4.69, 9.17) is 0 Å². The molecule has 1 heteroatoms. The van der Waals surface area contributed by atoms with Crippen LogP contribution in [0.2, 0.25) is 0 Å². The average molecular weight is 465 g/mol. The van der Waals surface area contributed by atoms with Gasteiger partial charge in [-0.15, -0.1) is 0 Å². The summed E-state index contributed by atoms with van der Waals surface area (Å²) in [7, 11) is 0. The van der Waals surface area contributed by atoms with E-state index in [1.807, 2.05) is 0 Å². The van der Waals surface area contributed by atoms with E-state index in [0.717, 1.165) is 19.1 Å². The molecule has 0 saturated carbocycles. The van der Waals surface area contributed by atoms with E-state index >= 15 is 0 Å². The Bertz CT molecular complexity index is 337. The number of rotatable bonds is 30. The smallest absolute Gasteiger partial charge is 0.119 e. The Labute approximate surface area is 210 Å². The molecule has 0 saturated heterocycles. The molecule has 0 aromatic rings. The molecule has 0 aliphatic carbocycles. The first kappa shape index (κ1) is 32.7. The standard InChI is InChI=1S/C32H64O/c1-2-3-4-5-6-7-8-9-10-11-12-13-14-15-16-17-18-19-20-21-22-23-24-25-26-27-28-29-30-31-32-33/h32H,2-31H2,1H3. The molecule has 0 aromatic carbocycles. The first-order valence-electron chi connectivity index (χ1n) is 15.9. The van der Waals surface area contributed by atoms with Crippen molar-refractivity contribution in [1.82, 2.24) is 0 Å². The van der Waals surface area contributed by atoms with E-state index < -0.39 is 0 Å². The molecule has 0 amide bonds. The lowest BCUT2D eigenvalue weighted by Gasteiger charge is -2.04. The summed E-state index contributed by atoms with van der Waals surface area (Å²) < 4.78 is 0. The number of hydrogen-bond acceptors (Lipinski definition) is 1. The van der Waals surface area contributed by atoms with Gasteiger partial charge in [0.15, 0.2) is 0 Å². The van der Waals surface area contributed by atoms with Gasteiger partial charge in [-0.1, -0.05) is 187 Å². The monoisotopic (exact) mass is 464 g/mol. The second kappa shape index (κ2) is 31.7. The van der Waals surface area contributed by atoms with Crippen molar-refractivity contribution in [2.45, 2.75) is 200 Å².